The molecule has 3 unspecified atom stereocenters. The van der Waals surface area contributed by atoms with Crippen LogP contribution in [0.1, 0.15) is 32.1 Å². The van der Waals surface area contributed by atoms with Crippen LogP contribution in [-0.4, -0.2) is 11.5 Å². The second-order valence-corrected chi connectivity index (χ2v) is 6.83. The van der Waals surface area contributed by atoms with Crippen molar-refractivity contribution < 1.29 is 4.79 Å². The number of hydrogen-bond donors (Lipinski definition) is 0. The Hall–Kier alpha value is -0.760. The van der Waals surface area contributed by atoms with Gasteiger partial charge in [0.05, 0.1) is 5.75 Å². The number of fused-ring (bicyclic) bond motifs is 2. The van der Waals surface area contributed by atoms with E-state index in [1.807, 2.05) is 18.2 Å². The zero-order valence-electron chi connectivity index (χ0n) is 10.7. The molecule has 2 aliphatic rings. The van der Waals surface area contributed by atoms with Gasteiger partial charge in [-0.25, -0.2) is 0 Å². The maximum atomic E-state index is 12.0. The van der Waals surface area contributed by atoms with Crippen molar-refractivity contribution in [3.05, 3.63) is 30.3 Å². The summed E-state index contributed by atoms with van der Waals surface area (Å²) in [6.45, 7) is 0. The minimum absolute atomic E-state index is 0.446. The van der Waals surface area contributed by atoms with E-state index in [1.54, 1.807) is 11.8 Å². The maximum absolute atomic E-state index is 12.0. The van der Waals surface area contributed by atoms with Crippen LogP contribution in [0.3, 0.4) is 0 Å². The number of carbonyl (C=O) groups is 1. The molecule has 3 atom stereocenters. The lowest BCUT2D eigenvalue weighted by Gasteiger charge is -2.20. The fourth-order valence-corrected chi connectivity index (χ4v) is 4.45. The van der Waals surface area contributed by atoms with Crippen molar-refractivity contribution in [3.63, 3.8) is 0 Å². The van der Waals surface area contributed by atoms with Gasteiger partial charge in [0.25, 0.3) is 0 Å². The molecule has 0 saturated heterocycles. The highest BCUT2D eigenvalue weighted by atomic mass is 32.2. The number of Topliss-reactive ketones (excluding diaryl/α,β-unsaturated/α-hetero) is 1. The normalized spacial score (nSPS) is 29.7. The van der Waals surface area contributed by atoms with Crippen molar-refractivity contribution in [1.29, 1.82) is 0 Å². The summed E-state index contributed by atoms with van der Waals surface area (Å²) in [7, 11) is 0. The first kappa shape index (κ1) is 12.3. The zero-order valence-corrected chi connectivity index (χ0v) is 11.5. The SMILES string of the molecule is O=C(CSc1ccccc1)CC1CC2CCC1C2. The van der Waals surface area contributed by atoms with Gasteiger partial charge >= 0.3 is 0 Å². The summed E-state index contributed by atoms with van der Waals surface area (Å²) >= 11 is 1.68. The highest BCUT2D eigenvalue weighted by molar-refractivity contribution is 8.00. The Bertz CT molecular complexity index is 414. The summed E-state index contributed by atoms with van der Waals surface area (Å²) in [5.41, 5.74) is 0. The summed E-state index contributed by atoms with van der Waals surface area (Å²) in [6.07, 6.45) is 6.37. The van der Waals surface area contributed by atoms with E-state index in [0.717, 1.165) is 18.3 Å². The molecule has 0 heterocycles. The minimum atomic E-state index is 0.446. The molecule has 1 nitrogen and oxygen atoms in total. The van der Waals surface area contributed by atoms with Gasteiger partial charge in [-0.2, -0.15) is 0 Å². The number of hydrogen-bond acceptors (Lipinski definition) is 2. The molecule has 2 fully saturated rings. The third kappa shape index (κ3) is 2.80. The number of ketones is 1. The largest absolute Gasteiger partial charge is 0.299 e. The molecule has 0 spiro atoms. The van der Waals surface area contributed by atoms with Crippen molar-refractivity contribution in [2.45, 2.75) is 37.0 Å². The van der Waals surface area contributed by atoms with Crippen molar-refractivity contribution >= 4 is 17.5 Å². The van der Waals surface area contributed by atoms with Gasteiger partial charge in [-0.05, 0) is 49.1 Å². The van der Waals surface area contributed by atoms with Gasteiger partial charge < -0.3 is 0 Å². The van der Waals surface area contributed by atoms with Crippen LogP contribution >= 0.6 is 11.8 Å². The highest BCUT2D eigenvalue weighted by Crippen LogP contribution is 2.49. The molecule has 2 aliphatic carbocycles. The second-order valence-electron chi connectivity index (χ2n) is 5.78. The van der Waals surface area contributed by atoms with Crippen LogP contribution in [0.5, 0.6) is 0 Å². The van der Waals surface area contributed by atoms with Gasteiger partial charge in [0.2, 0.25) is 0 Å². The molecule has 2 bridgehead atoms. The summed E-state index contributed by atoms with van der Waals surface area (Å²) in [5.74, 6) is 3.64. The van der Waals surface area contributed by atoms with E-state index in [9.17, 15) is 4.79 Å². The highest BCUT2D eigenvalue weighted by Gasteiger charge is 2.39. The minimum Gasteiger partial charge on any atom is -0.299 e. The fourth-order valence-electron chi connectivity index (χ4n) is 3.66. The van der Waals surface area contributed by atoms with Crippen LogP contribution in [0, 0.1) is 17.8 Å². The monoisotopic (exact) mass is 260 g/mol. The quantitative estimate of drug-likeness (QED) is 0.739. The van der Waals surface area contributed by atoms with Crippen LogP contribution in [0.25, 0.3) is 0 Å². The molecule has 0 radical (unpaired) electrons. The van der Waals surface area contributed by atoms with Crippen LogP contribution in [0.4, 0.5) is 0 Å². The molecule has 0 amide bonds. The van der Waals surface area contributed by atoms with E-state index < -0.39 is 0 Å². The number of thioether (sulfide) groups is 1. The third-order valence-electron chi connectivity index (χ3n) is 4.52. The Morgan fingerprint density at radius 1 is 1.17 bits per heavy atom. The second kappa shape index (κ2) is 5.48. The molecule has 3 rings (SSSR count). The van der Waals surface area contributed by atoms with Crippen molar-refractivity contribution in [2.24, 2.45) is 17.8 Å². The standard InChI is InChI=1S/C16H20OS/c17-15(11-18-16-4-2-1-3-5-16)10-14-9-12-6-7-13(14)8-12/h1-5,12-14H,6-11H2. The first-order chi connectivity index (χ1) is 8.81. The van der Waals surface area contributed by atoms with E-state index in [1.165, 1.54) is 30.6 Å². The van der Waals surface area contributed by atoms with E-state index in [4.69, 9.17) is 0 Å². The van der Waals surface area contributed by atoms with E-state index in [0.29, 0.717) is 17.5 Å². The summed E-state index contributed by atoms with van der Waals surface area (Å²) in [6, 6.07) is 10.2. The molecule has 1 aromatic rings. The average Bonchev–Trinajstić information content (AvgIpc) is 3.00. The van der Waals surface area contributed by atoms with Crippen molar-refractivity contribution in [3.8, 4) is 0 Å². The number of carbonyl (C=O) groups excluding carboxylic acids is 1. The molecule has 0 aromatic heterocycles. The Balaban J connectivity index is 1.45. The molecule has 2 heteroatoms. The van der Waals surface area contributed by atoms with Crippen LogP contribution < -0.4 is 0 Å². The lowest BCUT2D eigenvalue weighted by Crippen LogP contribution is -2.16. The van der Waals surface area contributed by atoms with Crippen LogP contribution in [0.15, 0.2) is 35.2 Å². The van der Waals surface area contributed by atoms with E-state index in [2.05, 4.69) is 12.1 Å². The predicted octanol–water partition coefficient (Wildman–Crippen LogP) is 4.17. The molecule has 18 heavy (non-hydrogen) atoms. The molecule has 0 aliphatic heterocycles. The summed E-state index contributed by atoms with van der Waals surface area (Å²) in [5, 5.41) is 0. The smallest absolute Gasteiger partial charge is 0.143 e. The Morgan fingerprint density at radius 3 is 2.67 bits per heavy atom. The van der Waals surface area contributed by atoms with Gasteiger partial charge in [0.15, 0.2) is 0 Å². The van der Waals surface area contributed by atoms with Gasteiger partial charge in [0.1, 0.15) is 5.78 Å². The average molecular weight is 260 g/mol. The van der Waals surface area contributed by atoms with Crippen molar-refractivity contribution in [1.82, 2.24) is 0 Å². The topological polar surface area (TPSA) is 17.1 Å². The Labute approximate surface area is 113 Å². The molecule has 96 valence electrons. The third-order valence-corrected chi connectivity index (χ3v) is 5.59. The fraction of sp³-hybridized carbons (Fsp3) is 0.562. The first-order valence-electron chi connectivity index (χ1n) is 7.01. The summed E-state index contributed by atoms with van der Waals surface area (Å²) < 4.78 is 0. The zero-order chi connectivity index (χ0) is 12.4. The number of benzene rings is 1. The summed E-state index contributed by atoms with van der Waals surface area (Å²) in [4.78, 5) is 13.2. The predicted molar refractivity (Wildman–Crippen MR) is 75.7 cm³/mol. The van der Waals surface area contributed by atoms with Crippen LogP contribution in [-0.2, 0) is 4.79 Å². The lowest BCUT2D eigenvalue weighted by molar-refractivity contribution is -0.117. The maximum Gasteiger partial charge on any atom is 0.143 e. The molecular weight excluding hydrogens is 240 g/mol. The lowest BCUT2D eigenvalue weighted by atomic mass is 9.85. The van der Waals surface area contributed by atoms with Gasteiger partial charge in [-0.3, -0.25) is 4.79 Å². The van der Waals surface area contributed by atoms with Crippen molar-refractivity contribution in [2.75, 3.05) is 5.75 Å². The van der Waals surface area contributed by atoms with Crippen LogP contribution in [0.2, 0.25) is 0 Å². The molecule has 0 N–H and O–H groups in total. The van der Waals surface area contributed by atoms with E-state index in [-0.39, 0.29) is 0 Å². The Kier molecular flexibility index (Phi) is 3.74. The number of rotatable bonds is 5. The van der Waals surface area contributed by atoms with Gasteiger partial charge in [0, 0.05) is 11.3 Å². The van der Waals surface area contributed by atoms with E-state index >= 15 is 0 Å². The Morgan fingerprint density at radius 2 is 2.00 bits per heavy atom. The molecule has 2 saturated carbocycles. The first-order valence-corrected chi connectivity index (χ1v) is 7.99. The molecular formula is C16H20OS. The van der Waals surface area contributed by atoms with Gasteiger partial charge in [-0.1, -0.05) is 24.6 Å². The van der Waals surface area contributed by atoms with Gasteiger partial charge in [-0.15, -0.1) is 11.8 Å². The molecule has 1 aromatic carbocycles.